The maximum atomic E-state index is 9.13. The van der Waals surface area contributed by atoms with Gasteiger partial charge in [0.25, 0.3) is 0 Å². The van der Waals surface area contributed by atoms with Gasteiger partial charge < -0.3 is 9.84 Å². The molecular weight excluding hydrogens is 197 g/mol. The molecule has 0 fully saturated rings. The zero-order chi connectivity index (χ0) is 9.97. The molecule has 0 saturated heterocycles. The van der Waals surface area contributed by atoms with Gasteiger partial charge in [0.05, 0.1) is 12.6 Å². The van der Waals surface area contributed by atoms with Crippen LogP contribution in [0, 0.1) is 0 Å². The van der Waals surface area contributed by atoms with Crippen LogP contribution >= 0.6 is 9.39 Å². The molecule has 0 radical (unpaired) electrons. The summed E-state index contributed by atoms with van der Waals surface area (Å²) in [6, 6.07) is 8.04. The summed E-state index contributed by atoms with van der Waals surface area (Å²) >= 11 is 0. The van der Waals surface area contributed by atoms with Gasteiger partial charge in [-0.1, -0.05) is 27.6 Å². The van der Waals surface area contributed by atoms with E-state index in [1.54, 1.807) is 0 Å². The number of ether oxygens (including phenoxy) is 1. The van der Waals surface area contributed by atoms with E-state index >= 15 is 0 Å². The number of benzene rings is 1. The topological polar surface area (TPSA) is 32.7 Å². The average molecular weight is 211 g/mol. The lowest BCUT2D eigenvalue weighted by atomic mass is 10.2. The molecular formula is C10H14NO2P. The van der Waals surface area contributed by atoms with E-state index in [0.29, 0.717) is 6.61 Å². The highest BCUT2D eigenvalue weighted by Crippen LogP contribution is 2.26. The number of rotatable bonds is 1. The third kappa shape index (κ3) is 1.90. The van der Waals surface area contributed by atoms with Crippen molar-refractivity contribution in [3.63, 3.8) is 0 Å². The highest BCUT2D eigenvalue weighted by molar-refractivity contribution is 7.13. The fourth-order valence-electron chi connectivity index (χ4n) is 1.54. The molecule has 1 heterocycles. The Hall–Kier alpha value is -0.630. The summed E-state index contributed by atoms with van der Waals surface area (Å²) in [5.41, 5.74) is 1.17. The summed E-state index contributed by atoms with van der Waals surface area (Å²) in [5.74, 6) is 0.927. The monoisotopic (exact) mass is 211 g/mol. The van der Waals surface area contributed by atoms with Gasteiger partial charge in [-0.25, -0.2) is 0 Å². The third-order valence-electron chi connectivity index (χ3n) is 2.44. The van der Waals surface area contributed by atoms with Crippen LogP contribution in [0.4, 0.5) is 0 Å². The number of fused-ring (bicyclic) bond motifs is 1. The number of para-hydroxylation sites is 1. The lowest BCUT2D eigenvalue weighted by Gasteiger charge is -2.21. The summed E-state index contributed by atoms with van der Waals surface area (Å²) in [5, 5.41) is 9.13. The highest BCUT2D eigenvalue weighted by atomic mass is 31.0. The summed E-state index contributed by atoms with van der Waals surface area (Å²) < 4.78 is 7.64. The maximum absolute atomic E-state index is 9.13. The Balaban J connectivity index is 2.23. The standard InChI is InChI=1S/C10H14NO2P/c12-6-9-7-13-10-4-2-1-3-8(10)5-11(9)14/h1-4,9,12H,5-7,14H2. The quantitative estimate of drug-likeness (QED) is 0.704. The lowest BCUT2D eigenvalue weighted by Crippen LogP contribution is -2.33. The zero-order valence-corrected chi connectivity index (χ0v) is 9.04. The van der Waals surface area contributed by atoms with E-state index in [-0.39, 0.29) is 12.6 Å². The minimum Gasteiger partial charge on any atom is -0.492 e. The second kappa shape index (κ2) is 4.26. The second-order valence-corrected chi connectivity index (χ2v) is 4.09. The molecule has 0 amide bonds. The number of hydrogen-bond donors (Lipinski definition) is 1. The minimum absolute atomic E-state index is 0.0624. The van der Waals surface area contributed by atoms with Crippen molar-refractivity contribution in [1.29, 1.82) is 0 Å². The van der Waals surface area contributed by atoms with Gasteiger partial charge in [0.15, 0.2) is 0 Å². The minimum atomic E-state index is 0.0624. The molecule has 2 atom stereocenters. The molecule has 1 aliphatic heterocycles. The van der Waals surface area contributed by atoms with Crippen molar-refractivity contribution >= 4 is 9.39 Å². The van der Waals surface area contributed by atoms with Crippen molar-refractivity contribution in [2.45, 2.75) is 12.6 Å². The van der Waals surface area contributed by atoms with Crippen molar-refractivity contribution in [2.75, 3.05) is 13.2 Å². The molecule has 2 unspecified atom stereocenters. The van der Waals surface area contributed by atoms with E-state index < -0.39 is 0 Å². The number of nitrogens with zero attached hydrogens (tertiary/aromatic N) is 1. The van der Waals surface area contributed by atoms with Crippen molar-refractivity contribution < 1.29 is 9.84 Å². The number of aliphatic hydroxyl groups is 1. The molecule has 0 saturated carbocycles. The second-order valence-electron chi connectivity index (χ2n) is 3.43. The van der Waals surface area contributed by atoms with Crippen molar-refractivity contribution in [2.24, 2.45) is 0 Å². The van der Waals surface area contributed by atoms with Crippen LogP contribution in [-0.2, 0) is 6.54 Å². The van der Waals surface area contributed by atoms with Crippen LogP contribution in [0.15, 0.2) is 24.3 Å². The number of hydrogen-bond acceptors (Lipinski definition) is 3. The molecule has 76 valence electrons. The van der Waals surface area contributed by atoms with Crippen LogP contribution in [-0.4, -0.2) is 29.0 Å². The van der Waals surface area contributed by atoms with Gasteiger partial charge in [-0.3, -0.25) is 4.67 Å². The Labute approximate surface area is 85.9 Å². The Morgan fingerprint density at radius 1 is 1.50 bits per heavy atom. The molecule has 0 spiro atoms. The molecule has 0 aromatic heterocycles. The van der Waals surface area contributed by atoms with Gasteiger partial charge in [-0.15, -0.1) is 0 Å². The van der Waals surface area contributed by atoms with E-state index in [9.17, 15) is 0 Å². The maximum Gasteiger partial charge on any atom is 0.123 e. The fourth-order valence-corrected chi connectivity index (χ4v) is 1.92. The predicted molar refractivity (Wildman–Crippen MR) is 58.1 cm³/mol. The molecule has 1 N–H and O–H groups in total. The van der Waals surface area contributed by atoms with Gasteiger partial charge in [0, 0.05) is 12.1 Å². The normalized spacial score (nSPS) is 22.3. The smallest absolute Gasteiger partial charge is 0.123 e. The summed E-state index contributed by atoms with van der Waals surface area (Å²) in [6.07, 6.45) is 0. The highest BCUT2D eigenvalue weighted by Gasteiger charge is 2.20. The summed E-state index contributed by atoms with van der Waals surface area (Å²) in [6.45, 7) is 1.46. The first-order valence-corrected chi connectivity index (χ1v) is 5.16. The third-order valence-corrected chi connectivity index (χ3v) is 3.04. The van der Waals surface area contributed by atoms with Gasteiger partial charge in [0.1, 0.15) is 12.4 Å². The van der Waals surface area contributed by atoms with E-state index in [2.05, 4.69) is 9.39 Å². The molecule has 4 heteroatoms. The van der Waals surface area contributed by atoms with Crippen LogP contribution < -0.4 is 4.74 Å². The van der Waals surface area contributed by atoms with Crippen LogP contribution in [0.25, 0.3) is 0 Å². The Morgan fingerprint density at radius 3 is 3.07 bits per heavy atom. The van der Waals surface area contributed by atoms with Gasteiger partial charge in [-0.05, 0) is 6.07 Å². The SMILES string of the molecule is OCC1COc2ccccc2CN1P. The van der Waals surface area contributed by atoms with Crippen molar-refractivity contribution in [3.05, 3.63) is 29.8 Å². The van der Waals surface area contributed by atoms with Crippen molar-refractivity contribution in [3.8, 4) is 5.75 Å². The van der Waals surface area contributed by atoms with Crippen LogP contribution in [0.5, 0.6) is 5.75 Å². The van der Waals surface area contributed by atoms with Gasteiger partial charge >= 0.3 is 0 Å². The first kappa shape index (κ1) is 9.91. The summed E-state index contributed by atoms with van der Waals surface area (Å²) in [7, 11) is 2.64. The zero-order valence-electron chi connectivity index (χ0n) is 7.89. The fraction of sp³-hybridized carbons (Fsp3) is 0.400. The Kier molecular flexibility index (Phi) is 3.02. The van der Waals surface area contributed by atoms with E-state index in [1.807, 2.05) is 28.9 Å². The molecule has 1 aromatic rings. The van der Waals surface area contributed by atoms with E-state index in [0.717, 1.165) is 12.3 Å². The molecule has 3 nitrogen and oxygen atoms in total. The summed E-state index contributed by atoms with van der Waals surface area (Å²) in [4.78, 5) is 0. The number of aliphatic hydroxyl groups excluding tert-OH is 1. The predicted octanol–water partition coefficient (Wildman–Crippen LogP) is 1.03. The molecule has 0 bridgehead atoms. The van der Waals surface area contributed by atoms with Crippen LogP contribution in [0.3, 0.4) is 0 Å². The van der Waals surface area contributed by atoms with E-state index in [1.165, 1.54) is 5.56 Å². The first-order chi connectivity index (χ1) is 6.81. The molecule has 2 rings (SSSR count). The van der Waals surface area contributed by atoms with Gasteiger partial charge in [0.2, 0.25) is 0 Å². The van der Waals surface area contributed by atoms with Crippen molar-refractivity contribution in [1.82, 2.24) is 4.67 Å². The molecule has 1 aliphatic rings. The average Bonchev–Trinajstić information content (AvgIpc) is 2.36. The molecule has 14 heavy (non-hydrogen) atoms. The first-order valence-electron chi connectivity index (χ1n) is 4.64. The lowest BCUT2D eigenvalue weighted by molar-refractivity contribution is 0.149. The van der Waals surface area contributed by atoms with Crippen LogP contribution in [0.2, 0.25) is 0 Å². The largest absolute Gasteiger partial charge is 0.492 e. The van der Waals surface area contributed by atoms with Crippen LogP contribution in [0.1, 0.15) is 5.56 Å². The molecule has 0 aliphatic carbocycles. The van der Waals surface area contributed by atoms with E-state index in [4.69, 9.17) is 9.84 Å². The van der Waals surface area contributed by atoms with Gasteiger partial charge in [-0.2, -0.15) is 0 Å². The molecule has 1 aromatic carbocycles. The Bertz CT molecular complexity index is 319. The Morgan fingerprint density at radius 2 is 2.29 bits per heavy atom.